The number of carbonyl (C=O) groups excluding carboxylic acids is 2. The summed E-state index contributed by atoms with van der Waals surface area (Å²) in [4.78, 5) is 25.4. The maximum absolute atomic E-state index is 12.3. The molecule has 0 radical (unpaired) electrons. The predicted molar refractivity (Wildman–Crippen MR) is 104 cm³/mol. The molecule has 0 aromatic heterocycles. The fraction of sp³-hybridized carbons (Fsp3) is 0.263. The number of thioether (sulfide) groups is 1. The highest BCUT2D eigenvalue weighted by Crippen LogP contribution is 2.26. The van der Waals surface area contributed by atoms with E-state index in [0.717, 1.165) is 4.90 Å². The number of amides is 2. The maximum atomic E-state index is 12.3. The van der Waals surface area contributed by atoms with E-state index in [1.54, 1.807) is 30.3 Å². The van der Waals surface area contributed by atoms with Gasteiger partial charge in [-0.3, -0.25) is 9.59 Å². The summed E-state index contributed by atoms with van der Waals surface area (Å²) in [6.45, 7) is 4.64. The van der Waals surface area contributed by atoms with Crippen LogP contribution in [0.15, 0.2) is 53.4 Å². The average molecular weight is 377 g/mol. The summed E-state index contributed by atoms with van der Waals surface area (Å²) in [7, 11) is 0. The first kappa shape index (κ1) is 19.3. The third-order valence-electron chi connectivity index (χ3n) is 3.31. The largest absolute Gasteiger partial charge is 0.352 e. The van der Waals surface area contributed by atoms with E-state index in [1.807, 2.05) is 32.0 Å². The molecule has 2 amide bonds. The first-order chi connectivity index (χ1) is 12.0. The van der Waals surface area contributed by atoms with Gasteiger partial charge in [0.1, 0.15) is 0 Å². The van der Waals surface area contributed by atoms with Crippen molar-refractivity contribution >= 4 is 40.9 Å². The van der Waals surface area contributed by atoms with E-state index in [4.69, 9.17) is 11.6 Å². The molecule has 0 bridgehead atoms. The molecule has 0 aliphatic rings. The number of hydrogen-bond acceptors (Lipinski definition) is 3. The van der Waals surface area contributed by atoms with E-state index in [9.17, 15) is 9.59 Å². The van der Waals surface area contributed by atoms with E-state index >= 15 is 0 Å². The van der Waals surface area contributed by atoms with Gasteiger partial charge >= 0.3 is 0 Å². The molecular formula is C19H21ClN2O2S. The first-order valence-electron chi connectivity index (χ1n) is 8.01. The van der Waals surface area contributed by atoms with Gasteiger partial charge < -0.3 is 10.6 Å². The summed E-state index contributed by atoms with van der Waals surface area (Å²) in [5.41, 5.74) is 0.966. The van der Waals surface area contributed by atoms with Crippen LogP contribution in [-0.4, -0.2) is 24.1 Å². The van der Waals surface area contributed by atoms with Crippen LogP contribution in [0, 0.1) is 5.92 Å². The first-order valence-corrected chi connectivity index (χ1v) is 9.38. The van der Waals surface area contributed by atoms with E-state index in [2.05, 4.69) is 10.6 Å². The monoisotopic (exact) mass is 376 g/mol. The van der Waals surface area contributed by atoms with Crippen LogP contribution in [0.2, 0.25) is 5.02 Å². The Morgan fingerprint density at radius 1 is 1.08 bits per heavy atom. The second-order valence-electron chi connectivity index (χ2n) is 5.92. The minimum absolute atomic E-state index is 0.186. The van der Waals surface area contributed by atoms with Crippen LogP contribution in [-0.2, 0) is 4.79 Å². The summed E-state index contributed by atoms with van der Waals surface area (Å²) in [6, 6.07) is 14.4. The topological polar surface area (TPSA) is 58.2 Å². The van der Waals surface area contributed by atoms with Crippen LogP contribution >= 0.6 is 23.4 Å². The molecule has 2 aromatic rings. The molecular weight excluding hydrogens is 356 g/mol. The summed E-state index contributed by atoms with van der Waals surface area (Å²) in [5.74, 6) is 0.196. The molecule has 2 rings (SSSR count). The summed E-state index contributed by atoms with van der Waals surface area (Å²) >= 11 is 7.45. The molecule has 2 N–H and O–H groups in total. The van der Waals surface area contributed by atoms with Crippen LogP contribution in [0.4, 0.5) is 5.69 Å². The Kier molecular flexibility index (Phi) is 7.34. The molecule has 2 aromatic carbocycles. The molecule has 0 aliphatic heterocycles. The van der Waals surface area contributed by atoms with E-state index < -0.39 is 0 Å². The second-order valence-corrected chi connectivity index (χ2v) is 7.34. The van der Waals surface area contributed by atoms with Crippen molar-refractivity contribution in [2.24, 2.45) is 5.92 Å². The van der Waals surface area contributed by atoms with Gasteiger partial charge in [-0.05, 0) is 30.2 Å². The number of rotatable bonds is 7. The fourth-order valence-electron chi connectivity index (χ4n) is 2.07. The Hall–Kier alpha value is -1.98. The minimum Gasteiger partial charge on any atom is -0.352 e. The SMILES string of the molecule is CC(C)CNC(=O)c1ccccc1NC(=O)CSc1ccccc1Cl. The Bertz CT molecular complexity index is 750. The van der Waals surface area contributed by atoms with Crippen molar-refractivity contribution in [3.05, 3.63) is 59.1 Å². The number of hydrogen-bond donors (Lipinski definition) is 2. The Balaban J connectivity index is 1.98. The molecule has 132 valence electrons. The highest BCUT2D eigenvalue weighted by atomic mass is 35.5. The smallest absolute Gasteiger partial charge is 0.253 e. The van der Waals surface area contributed by atoms with Crippen molar-refractivity contribution in [2.45, 2.75) is 18.7 Å². The molecule has 6 heteroatoms. The van der Waals surface area contributed by atoms with Crippen LogP contribution in [0.5, 0.6) is 0 Å². The Labute approximate surface area is 157 Å². The second kappa shape index (κ2) is 9.49. The lowest BCUT2D eigenvalue weighted by Crippen LogP contribution is -2.28. The van der Waals surface area contributed by atoms with Crippen LogP contribution in [0.3, 0.4) is 0 Å². The van der Waals surface area contributed by atoms with Crippen molar-refractivity contribution in [3.8, 4) is 0 Å². The van der Waals surface area contributed by atoms with Crippen molar-refractivity contribution in [2.75, 3.05) is 17.6 Å². The van der Waals surface area contributed by atoms with Crippen molar-refractivity contribution in [3.63, 3.8) is 0 Å². The molecule has 4 nitrogen and oxygen atoms in total. The number of halogens is 1. The minimum atomic E-state index is -0.191. The lowest BCUT2D eigenvalue weighted by atomic mass is 10.1. The predicted octanol–water partition coefficient (Wildman–Crippen LogP) is 4.46. The molecule has 0 heterocycles. The third-order valence-corrected chi connectivity index (χ3v) is 4.83. The molecule has 0 atom stereocenters. The number of anilines is 1. The zero-order chi connectivity index (χ0) is 18.2. The highest BCUT2D eigenvalue weighted by Gasteiger charge is 2.13. The van der Waals surface area contributed by atoms with E-state index in [-0.39, 0.29) is 17.6 Å². The normalized spacial score (nSPS) is 10.6. The van der Waals surface area contributed by atoms with Gasteiger partial charge in [0, 0.05) is 11.4 Å². The molecule has 0 spiro atoms. The summed E-state index contributed by atoms with van der Waals surface area (Å²) in [6.07, 6.45) is 0. The zero-order valence-corrected chi connectivity index (χ0v) is 15.8. The number of carbonyl (C=O) groups is 2. The summed E-state index contributed by atoms with van der Waals surface area (Å²) in [5, 5.41) is 6.29. The van der Waals surface area contributed by atoms with Crippen LogP contribution in [0.1, 0.15) is 24.2 Å². The number of benzene rings is 2. The highest BCUT2D eigenvalue weighted by molar-refractivity contribution is 8.00. The average Bonchev–Trinajstić information content (AvgIpc) is 2.59. The van der Waals surface area contributed by atoms with Gasteiger partial charge in [-0.2, -0.15) is 0 Å². The van der Waals surface area contributed by atoms with Crippen LogP contribution < -0.4 is 10.6 Å². The van der Waals surface area contributed by atoms with Gasteiger partial charge in [0.2, 0.25) is 5.91 Å². The standard InChI is InChI=1S/C19H21ClN2O2S/c1-13(2)11-21-19(24)14-7-3-5-9-16(14)22-18(23)12-25-17-10-6-4-8-15(17)20/h3-10,13H,11-12H2,1-2H3,(H,21,24)(H,22,23). The molecule has 0 saturated heterocycles. The molecule has 0 aliphatic carbocycles. The lowest BCUT2D eigenvalue weighted by Gasteiger charge is -2.12. The van der Waals surface area contributed by atoms with Gasteiger partial charge in [0.15, 0.2) is 0 Å². The Morgan fingerprint density at radius 3 is 2.48 bits per heavy atom. The van der Waals surface area contributed by atoms with Gasteiger partial charge in [-0.1, -0.05) is 49.7 Å². The Morgan fingerprint density at radius 2 is 1.76 bits per heavy atom. The lowest BCUT2D eigenvalue weighted by molar-refractivity contribution is -0.113. The van der Waals surface area contributed by atoms with Gasteiger partial charge in [0.05, 0.1) is 22.0 Å². The molecule has 25 heavy (non-hydrogen) atoms. The molecule has 0 fully saturated rings. The zero-order valence-electron chi connectivity index (χ0n) is 14.2. The maximum Gasteiger partial charge on any atom is 0.253 e. The van der Waals surface area contributed by atoms with E-state index in [0.29, 0.717) is 28.7 Å². The summed E-state index contributed by atoms with van der Waals surface area (Å²) < 4.78 is 0. The number of nitrogens with one attached hydrogen (secondary N) is 2. The molecule has 0 saturated carbocycles. The third kappa shape index (κ3) is 6.11. The van der Waals surface area contributed by atoms with E-state index in [1.165, 1.54) is 11.8 Å². The number of para-hydroxylation sites is 1. The van der Waals surface area contributed by atoms with Crippen molar-refractivity contribution in [1.82, 2.24) is 5.32 Å². The van der Waals surface area contributed by atoms with Crippen molar-refractivity contribution < 1.29 is 9.59 Å². The van der Waals surface area contributed by atoms with Gasteiger partial charge in [-0.15, -0.1) is 11.8 Å². The quantitative estimate of drug-likeness (QED) is 0.701. The van der Waals surface area contributed by atoms with Crippen LogP contribution in [0.25, 0.3) is 0 Å². The molecule has 0 unspecified atom stereocenters. The fourth-order valence-corrected chi connectivity index (χ4v) is 3.11. The van der Waals surface area contributed by atoms with Gasteiger partial charge in [-0.25, -0.2) is 0 Å². The van der Waals surface area contributed by atoms with Crippen molar-refractivity contribution in [1.29, 1.82) is 0 Å². The van der Waals surface area contributed by atoms with Gasteiger partial charge in [0.25, 0.3) is 5.91 Å².